The minimum atomic E-state index is -0.301. The summed E-state index contributed by atoms with van der Waals surface area (Å²) in [4.78, 5) is 0. The van der Waals surface area contributed by atoms with Crippen LogP contribution in [0, 0.1) is 5.82 Å². The molecule has 0 fully saturated rings. The average Bonchev–Trinajstić information content (AvgIpc) is 2.13. The van der Waals surface area contributed by atoms with Crippen molar-refractivity contribution in [1.82, 2.24) is 5.32 Å². The zero-order chi connectivity index (χ0) is 11.3. The Bertz CT molecular complexity index is 340. The van der Waals surface area contributed by atoms with Gasteiger partial charge < -0.3 is 5.32 Å². The van der Waals surface area contributed by atoms with Gasteiger partial charge in [0.1, 0.15) is 5.82 Å². The van der Waals surface area contributed by atoms with Gasteiger partial charge in [0.15, 0.2) is 0 Å². The van der Waals surface area contributed by atoms with Crippen molar-refractivity contribution in [3.63, 3.8) is 0 Å². The average molecular weight is 228 g/mol. The van der Waals surface area contributed by atoms with Crippen LogP contribution < -0.4 is 5.32 Å². The summed E-state index contributed by atoms with van der Waals surface area (Å²) in [6.07, 6.45) is 1.93. The molecule has 0 bridgehead atoms. The number of benzene rings is 1. The largest absolute Gasteiger partial charge is 0.313 e. The number of hydrogen-bond acceptors (Lipinski definition) is 1. The SMILES string of the molecule is CCNC/C(C)=C/c1cc(F)cc(Cl)c1. The van der Waals surface area contributed by atoms with Crippen molar-refractivity contribution >= 4 is 17.7 Å². The molecular formula is C12H15ClFN. The van der Waals surface area contributed by atoms with Gasteiger partial charge in [0, 0.05) is 11.6 Å². The van der Waals surface area contributed by atoms with E-state index in [9.17, 15) is 4.39 Å². The minimum Gasteiger partial charge on any atom is -0.313 e. The Hall–Kier alpha value is -0.860. The van der Waals surface area contributed by atoms with Crippen LogP contribution in [0.2, 0.25) is 5.02 Å². The van der Waals surface area contributed by atoms with E-state index in [1.165, 1.54) is 12.1 Å². The molecule has 0 aliphatic rings. The van der Waals surface area contributed by atoms with Crippen LogP contribution in [0.4, 0.5) is 4.39 Å². The molecule has 0 radical (unpaired) electrons. The van der Waals surface area contributed by atoms with Gasteiger partial charge in [-0.1, -0.05) is 30.2 Å². The smallest absolute Gasteiger partial charge is 0.125 e. The van der Waals surface area contributed by atoms with Gasteiger partial charge in [-0.25, -0.2) is 4.39 Å². The lowest BCUT2D eigenvalue weighted by Gasteiger charge is -2.02. The lowest BCUT2D eigenvalue weighted by molar-refractivity contribution is 0.627. The van der Waals surface area contributed by atoms with Gasteiger partial charge in [0.25, 0.3) is 0 Å². The topological polar surface area (TPSA) is 12.0 Å². The second-order valence-corrected chi connectivity index (χ2v) is 3.91. The molecule has 0 amide bonds. The van der Waals surface area contributed by atoms with Crippen molar-refractivity contribution in [1.29, 1.82) is 0 Å². The van der Waals surface area contributed by atoms with Crippen molar-refractivity contribution in [2.45, 2.75) is 13.8 Å². The highest BCUT2D eigenvalue weighted by Gasteiger charge is 1.97. The lowest BCUT2D eigenvalue weighted by atomic mass is 10.1. The van der Waals surface area contributed by atoms with E-state index in [4.69, 9.17) is 11.6 Å². The van der Waals surface area contributed by atoms with Crippen LogP contribution in [0.15, 0.2) is 23.8 Å². The summed E-state index contributed by atoms with van der Waals surface area (Å²) in [5, 5.41) is 3.63. The molecule has 1 nitrogen and oxygen atoms in total. The lowest BCUT2D eigenvalue weighted by Crippen LogP contribution is -2.14. The molecular weight excluding hydrogens is 213 g/mol. The maximum Gasteiger partial charge on any atom is 0.125 e. The molecule has 82 valence electrons. The molecule has 0 aliphatic heterocycles. The fourth-order valence-electron chi connectivity index (χ4n) is 1.32. The Balaban J connectivity index is 2.78. The van der Waals surface area contributed by atoms with E-state index in [0.717, 1.165) is 24.2 Å². The molecule has 0 heterocycles. The molecule has 0 spiro atoms. The molecule has 0 aromatic heterocycles. The van der Waals surface area contributed by atoms with Gasteiger partial charge in [-0.2, -0.15) is 0 Å². The molecule has 0 saturated heterocycles. The van der Waals surface area contributed by atoms with Crippen LogP contribution in [0.25, 0.3) is 6.08 Å². The third-order valence-corrected chi connectivity index (χ3v) is 2.17. The van der Waals surface area contributed by atoms with E-state index in [0.29, 0.717) is 5.02 Å². The molecule has 1 rings (SSSR count). The number of halogens is 2. The molecule has 0 atom stereocenters. The molecule has 1 N–H and O–H groups in total. The van der Waals surface area contributed by atoms with Crippen LogP contribution in [-0.2, 0) is 0 Å². The highest BCUT2D eigenvalue weighted by atomic mass is 35.5. The van der Waals surface area contributed by atoms with Crippen molar-refractivity contribution in [3.8, 4) is 0 Å². The van der Waals surface area contributed by atoms with Gasteiger partial charge in [-0.15, -0.1) is 0 Å². The highest BCUT2D eigenvalue weighted by molar-refractivity contribution is 6.30. The van der Waals surface area contributed by atoms with E-state index >= 15 is 0 Å². The molecule has 15 heavy (non-hydrogen) atoms. The Morgan fingerprint density at radius 2 is 2.20 bits per heavy atom. The molecule has 0 aliphatic carbocycles. The first-order valence-electron chi connectivity index (χ1n) is 4.96. The minimum absolute atomic E-state index is 0.301. The van der Waals surface area contributed by atoms with Crippen molar-refractivity contribution in [2.75, 3.05) is 13.1 Å². The summed E-state index contributed by atoms with van der Waals surface area (Å²) in [6.45, 7) is 5.79. The first kappa shape index (κ1) is 12.2. The Morgan fingerprint density at radius 3 is 2.80 bits per heavy atom. The van der Waals surface area contributed by atoms with Crippen LogP contribution >= 0.6 is 11.6 Å². The van der Waals surface area contributed by atoms with E-state index in [-0.39, 0.29) is 5.82 Å². The Kier molecular flexibility index (Phi) is 4.79. The van der Waals surface area contributed by atoms with E-state index < -0.39 is 0 Å². The summed E-state index contributed by atoms with van der Waals surface area (Å²) >= 11 is 5.75. The summed E-state index contributed by atoms with van der Waals surface area (Å²) in [6, 6.07) is 4.53. The van der Waals surface area contributed by atoms with Gasteiger partial charge in [-0.3, -0.25) is 0 Å². The van der Waals surface area contributed by atoms with Gasteiger partial charge in [0.05, 0.1) is 0 Å². The third kappa shape index (κ3) is 4.45. The fourth-order valence-corrected chi connectivity index (χ4v) is 1.55. The third-order valence-electron chi connectivity index (χ3n) is 1.95. The Morgan fingerprint density at radius 1 is 1.47 bits per heavy atom. The number of likely N-dealkylation sites (N-methyl/N-ethyl adjacent to an activating group) is 1. The molecule has 0 unspecified atom stereocenters. The predicted octanol–water partition coefficient (Wildman–Crippen LogP) is 3.49. The molecule has 1 aromatic carbocycles. The summed E-state index contributed by atoms with van der Waals surface area (Å²) in [5.74, 6) is -0.301. The van der Waals surface area contributed by atoms with Crippen LogP contribution in [0.3, 0.4) is 0 Å². The van der Waals surface area contributed by atoms with Crippen molar-refractivity contribution < 1.29 is 4.39 Å². The second-order valence-electron chi connectivity index (χ2n) is 3.47. The summed E-state index contributed by atoms with van der Waals surface area (Å²) in [5.41, 5.74) is 1.95. The monoisotopic (exact) mass is 227 g/mol. The fraction of sp³-hybridized carbons (Fsp3) is 0.333. The number of rotatable bonds is 4. The molecule has 0 saturated carbocycles. The predicted molar refractivity (Wildman–Crippen MR) is 63.6 cm³/mol. The molecule has 1 aromatic rings. The number of hydrogen-bond donors (Lipinski definition) is 1. The summed E-state index contributed by atoms with van der Waals surface area (Å²) < 4.78 is 13.0. The van der Waals surface area contributed by atoms with Crippen molar-refractivity contribution in [3.05, 3.63) is 40.2 Å². The zero-order valence-corrected chi connectivity index (χ0v) is 9.74. The molecule has 3 heteroatoms. The normalized spacial score (nSPS) is 11.9. The zero-order valence-electron chi connectivity index (χ0n) is 8.98. The summed E-state index contributed by atoms with van der Waals surface area (Å²) in [7, 11) is 0. The van der Waals surface area contributed by atoms with Crippen molar-refractivity contribution in [2.24, 2.45) is 0 Å². The van der Waals surface area contributed by atoms with E-state index in [1.54, 1.807) is 6.07 Å². The maximum atomic E-state index is 13.0. The second kappa shape index (κ2) is 5.89. The van der Waals surface area contributed by atoms with Crippen LogP contribution in [0.1, 0.15) is 19.4 Å². The number of nitrogens with one attached hydrogen (secondary N) is 1. The van der Waals surface area contributed by atoms with E-state index in [1.807, 2.05) is 19.9 Å². The Labute approximate surface area is 95.0 Å². The van der Waals surface area contributed by atoms with Gasteiger partial charge in [0.2, 0.25) is 0 Å². The quantitative estimate of drug-likeness (QED) is 0.830. The van der Waals surface area contributed by atoms with E-state index in [2.05, 4.69) is 5.32 Å². The van der Waals surface area contributed by atoms with Crippen LogP contribution in [-0.4, -0.2) is 13.1 Å². The first-order valence-corrected chi connectivity index (χ1v) is 5.33. The van der Waals surface area contributed by atoms with Gasteiger partial charge in [-0.05, 0) is 37.2 Å². The van der Waals surface area contributed by atoms with Crippen LogP contribution in [0.5, 0.6) is 0 Å². The first-order chi connectivity index (χ1) is 7.11. The highest BCUT2D eigenvalue weighted by Crippen LogP contribution is 2.16. The maximum absolute atomic E-state index is 13.0. The van der Waals surface area contributed by atoms with Gasteiger partial charge >= 0.3 is 0 Å². The standard InChI is InChI=1S/C12H15ClFN/c1-3-15-8-9(2)4-10-5-11(13)7-12(14)6-10/h4-7,15H,3,8H2,1-2H3/b9-4+.